The molecule has 1 aliphatic rings. The van der Waals surface area contributed by atoms with Gasteiger partial charge in [-0.1, -0.05) is 127 Å². The van der Waals surface area contributed by atoms with E-state index < -0.39 is 0 Å². The first-order valence-corrected chi connectivity index (χ1v) is 16.1. The van der Waals surface area contributed by atoms with Gasteiger partial charge in [-0.2, -0.15) is 0 Å². The van der Waals surface area contributed by atoms with Crippen molar-refractivity contribution in [3.05, 3.63) is 181 Å². The van der Waals surface area contributed by atoms with Crippen LogP contribution in [0.15, 0.2) is 169 Å². The van der Waals surface area contributed by atoms with Gasteiger partial charge < -0.3 is 9.47 Å². The van der Waals surface area contributed by atoms with Crippen LogP contribution in [0.4, 0.5) is 11.4 Å². The van der Waals surface area contributed by atoms with Gasteiger partial charge in [0.2, 0.25) is 0 Å². The average Bonchev–Trinajstić information content (AvgIpc) is 3.46. The highest BCUT2D eigenvalue weighted by Crippen LogP contribution is 2.44. The smallest absolute Gasteiger partial charge is 0.0547 e. The molecule has 1 aromatic heterocycles. The molecule has 0 unspecified atom stereocenters. The summed E-state index contributed by atoms with van der Waals surface area (Å²) in [7, 11) is 0. The lowest BCUT2D eigenvalue weighted by molar-refractivity contribution is 0.895. The van der Waals surface area contributed by atoms with Gasteiger partial charge in [-0.15, -0.1) is 0 Å². The number of allylic oxidation sites excluding steroid dienone is 1. The van der Waals surface area contributed by atoms with E-state index in [1.54, 1.807) is 0 Å². The molecule has 2 nitrogen and oxygen atoms in total. The first kappa shape index (κ1) is 26.5. The standard InChI is InChI=1S/C44H32N2/c1-2-17-35(18-3-1)45-43-23-11-9-21-39(43)40-28-26-34(30-44(40)45)38-20-8-10-22-41(38)46(36-27-25-31-13-4-5-15-33(31)29-36)42-24-12-16-32-14-6-7-19-37(32)42/h1-24,26,28-30H,25,27H2. The van der Waals surface area contributed by atoms with Crippen LogP contribution in [-0.2, 0) is 6.42 Å². The van der Waals surface area contributed by atoms with E-state index in [2.05, 4.69) is 179 Å². The van der Waals surface area contributed by atoms with Gasteiger partial charge in [0.15, 0.2) is 0 Å². The predicted octanol–water partition coefficient (Wildman–Crippen LogP) is 11.7. The molecule has 0 radical (unpaired) electrons. The Bertz CT molecular complexity index is 2420. The molecule has 218 valence electrons. The van der Waals surface area contributed by atoms with Crippen LogP contribution in [0.3, 0.4) is 0 Å². The fourth-order valence-corrected chi connectivity index (χ4v) is 7.34. The molecule has 46 heavy (non-hydrogen) atoms. The number of hydrogen-bond acceptors (Lipinski definition) is 1. The molecule has 1 aliphatic carbocycles. The molecule has 0 bridgehead atoms. The van der Waals surface area contributed by atoms with Crippen molar-refractivity contribution in [2.75, 3.05) is 4.90 Å². The van der Waals surface area contributed by atoms with Crippen molar-refractivity contribution >= 4 is 50.0 Å². The Labute approximate surface area is 269 Å². The number of aryl methyl sites for hydroxylation is 1. The average molecular weight is 589 g/mol. The van der Waals surface area contributed by atoms with E-state index in [0.717, 1.165) is 12.8 Å². The maximum absolute atomic E-state index is 2.52. The molecule has 2 heteroatoms. The second-order valence-corrected chi connectivity index (χ2v) is 12.1. The highest BCUT2D eigenvalue weighted by atomic mass is 15.2. The summed E-state index contributed by atoms with van der Waals surface area (Å²) >= 11 is 0. The molecule has 7 aromatic carbocycles. The Hall–Kier alpha value is -5.86. The molecule has 0 N–H and O–H groups in total. The van der Waals surface area contributed by atoms with Gasteiger partial charge in [0.1, 0.15) is 0 Å². The van der Waals surface area contributed by atoms with Crippen molar-refractivity contribution < 1.29 is 0 Å². The second-order valence-electron chi connectivity index (χ2n) is 12.1. The van der Waals surface area contributed by atoms with Crippen LogP contribution in [0, 0.1) is 0 Å². The van der Waals surface area contributed by atoms with E-state index in [4.69, 9.17) is 0 Å². The molecule has 0 amide bonds. The summed E-state index contributed by atoms with van der Waals surface area (Å²) in [6, 6.07) is 59.6. The summed E-state index contributed by atoms with van der Waals surface area (Å²) in [5, 5.41) is 5.02. The van der Waals surface area contributed by atoms with Gasteiger partial charge in [0.05, 0.1) is 22.4 Å². The first-order valence-electron chi connectivity index (χ1n) is 16.1. The van der Waals surface area contributed by atoms with Gasteiger partial charge in [0, 0.05) is 33.1 Å². The summed E-state index contributed by atoms with van der Waals surface area (Å²) in [5.74, 6) is 0. The zero-order chi connectivity index (χ0) is 30.5. The Kier molecular flexibility index (Phi) is 6.31. The summed E-state index contributed by atoms with van der Waals surface area (Å²) < 4.78 is 2.40. The Balaban J connectivity index is 1.29. The summed E-state index contributed by atoms with van der Waals surface area (Å²) in [6.07, 6.45) is 4.39. The quantitative estimate of drug-likeness (QED) is 0.194. The number of benzene rings is 7. The predicted molar refractivity (Wildman–Crippen MR) is 195 cm³/mol. The molecule has 0 aliphatic heterocycles. The number of para-hydroxylation sites is 3. The van der Waals surface area contributed by atoms with E-state index in [0.29, 0.717) is 0 Å². The molecule has 0 atom stereocenters. The lowest BCUT2D eigenvalue weighted by Gasteiger charge is -2.33. The minimum absolute atomic E-state index is 0.968. The highest BCUT2D eigenvalue weighted by molar-refractivity contribution is 6.10. The van der Waals surface area contributed by atoms with Crippen LogP contribution in [0.1, 0.15) is 17.5 Å². The van der Waals surface area contributed by atoms with Crippen molar-refractivity contribution in [2.24, 2.45) is 0 Å². The number of hydrogen-bond donors (Lipinski definition) is 0. The van der Waals surface area contributed by atoms with Crippen molar-refractivity contribution in [1.82, 2.24) is 4.57 Å². The topological polar surface area (TPSA) is 8.17 Å². The van der Waals surface area contributed by atoms with Crippen molar-refractivity contribution in [2.45, 2.75) is 12.8 Å². The second kappa shape index (κ2) is 10.9. The summed E-state index contributed by atoms with van der Waals surface area (Å²) in [4.78, 5) is 2.52. The third-order valence-electron chi connectivity index (χ3n) is 9.47. The molecule has 1 heterocycles. The molecule has 8 aromatic rings. The largest absolute Gasteiger partial charge is 0.313 e. The monoisotopic (exact) mass is 588 g/mol. The van der Waals surface area contributed by atoms with Crippen LogP contribution in [0.5, 0.6) is 0 Å². The first-order chi connectivity index (χ1) is 22.8. The lowest BCUT2D eigenvalue weighted by atomic mass is 9.93. The number of rotatable bonds is 5. The minimum Gasteiger partial charge on any atom is -0.313 e. The minimum atomic E-state index is 0.968. The van der Waals surface area contributed by atoms with E-state index in [-0.39, 0.29) is 0 Å². The molecule has 9 rings (SSSR count). The maximum Gasteiger partial charge on any atom is 0.0547 e. The van der Waals surface area contributed by atoms with E-state index >= 15 is 0 Å². The van der Waals surface area contributed by atoms with Gasteiger partial charge in [-0.3, -0.25) is 0 Å². The number of anilines is 2. The lowest BCUT2D eigenvalue weighted by Crippen LogP contribution is -2.20. The van der Waals surface area contributed by atoms with E-state index in [9.17, 15) is 0 Å². The normalized spacial score (nSPS) is 12.7. The van der Waals surface area contributed by atoms with Crippen LogP contribution < -0.4 is 4.90 Å². The zero-order valence-corrected chi connectivity index (χ0v) is 25.5. The van der Waals surface area contributed by atoms with Crippen molar-refractivity contribution in [1.29, 1.82) is 0 Å². The molecular formula is C44H32N2. The zero-order valence-electron chi connectivity index (χ0n) is 25.5. The summed E-state index contributed by atoms with van der Waals surface area (Å²) in [5.41, 5.74) is 12.4. The van der Waals surface area contributed by atoms with Crippen molar-refractivity contribution in [3.63, 3.8) is 0 Å². The Morgan fingerprint density at radius 2 is 1.17 bits per heavy atom. The fourth-order valence-electron chi connectivity index (χ4n) is 7.34. The number of aromatic nitrogens is 1. The van der Waals surface area contributed by atoms with E-state index in [1.165, 1.54) is 77.6 Å². The molecular weight excluding hydrogens is 556 g/mol. The third-order valence-corrected chi connectivity index (χ3v) is 9.47. The molecule has 0 saturated heterocycles. The number of fused-ring (bicyclic) bond motifs is 5. The maximum atomic E-state index is 2.52. The molecule has 0 fully saturated rings. The number of nitrogens with zero attached hydrogens (tertiary/aromatic N) is 2. The third kappa shape index (κ3) is 4.34. The highest BCUT2D eigenvalue weighted by Gasteiger charge is 2.23. The van der Waals surface area contributed by atoms with Gasteiger partial charge in [0.25, 0.3) is 0 Å². The van der Waals surface area contributed by atoms with Crippen LogP contribution in [-0.4, -0.2) is 4.57 Å². The van der Waals surface area contributed by atoms with E-state index in [1.807, 2.05) is 0 Å². The van der Waals surface area contributed by atoms with Gasteiger partial charge in [-0.25, -0.2) is 0 Å². The fraction of sp³-hybridized carbons (Fsp3) is 0.0455. The molecule has 0 spiro atoms. The van der Waals surface area contributed by atoms with Gasteiger partial charge in [-0.05, 0) is 77.4 Å². The SMILES string of the molecule is C1=C(N(c2ccccc2-c2ccc3c4ccccc4n(-c4ccccc4)c3c2)c2cccc3ccccc23)CCc2ccccc21. The van der Waals surface area contributed by atoms with Crippen LogP contribution in [0.25, 0.3) is 55.5 Å². The summed E-state index contributed by atoms with van der Waals surface area (Å²) in [6.45, 7) is 0. The van der Waals surface area contributed by atoms with Crippen molar-refractivity contribution in [3.8, 4) is 16.8 Å². The molecule has 0 saturated carbocycles. The van der Waals surface area contributed by atoms with Gasteiger partial charge >= 0.3 is 0 Å². The van der Waals surface area contributed by atoms with Crippen LogP contribution in [0.2, 0.25) is 0 Å². The Morgan fingerprint density at radius 1 is 0.478 bits per heavy atom. The van der Waals surface area contributed by atoms with Crippen LogP contribution >= 0.6 is 0 Å². The Morgan fingerprint density at radius 3 is 2.11 bits per heavy atom.